The van der Waals surface area contributed by atoms with Crippen LogP contribution in [-0.4, -0.2) is 50.2 Å². The fourth-order valence-electron chi connectivity index (χ4n) is 2.65. The molecule has 0 spiro atoms. The van der Waals surface area contributed by atoms with Crippen LogP contribution in [0.2, 0.25) is 10.0 Å². The molecule has 0 radical (unpaired) electrons. The Morgan fingerprint density at radius 3 is 2.62 bits per heavy atom. The number of hydrogen-bond donors (Lipinski definition) is 1. The first kappa shape index (κ1) is 21.5. The van der Waals surface area contributed by atoms with Crippen LogP contribution in [-0.2, 0) is 14.8 Å². The third kappa shape index (κ3) is 4.85. The molecule has 1 aliphatic rings. The highest BCUT2D eigenvalue weighted by molar-refractivity contribution is 7.89. The molecule has 29 heavy (non-hydrogen) atoms. The summed E-state index contributed by atoms with van der Waals surface area (Å²) in [6.07, 6.45) is 1.36. The van der Waals surface area contributed by atoms with Gasteiger partial charge in [0.15, 0.2) is 0 Å². The SMILES string of the molecule is O=[N+]([O-])c1cc(S(=O)(=O)N2CCOCC2)ccc1N/N=C\c1cccc(Cl)c1Cl. The van der Waals surface area contributed by atoms with Crippen molar-refractivity contribution in [3.8, 4) is 0 Å². The van der Waals surface area contributed by atoms with Crippen LogP contribution in [0.25, 0.3) is 0 Å². The topological polar surface area (TPSA) is 114 Å². The molecule has 1 fully saturated rings. The van der Waals surface area contributed by atoms with Crippen LogP contribution in [0.3, 0.4) is 0 Å². The Hall–Kier alpha value is -2.24. The van der Waals surface area contributed by atoms with E-state index in [1.165, 1.54) is 22.7 Å². The predicted molar refractivity (Wildman–Crippen MR) is 110 cm³/mol. The second kappa shape index (κ2) is 9.06. The molecule has 0 aliphatic carbocycles. The summed E-state index contributed by atoms with van der Waals surface area (Å²) in [7, 11) is -3.86. The average Bonchev–Trinajstić information content (AvgIpc) is 2.71. The summed E-state index contributed by atoms with van der Waals surface area (Å²) in [5.41, 5.74) is 2.67. The van der Waals surface area contributed by atoms with E-state index in [2.05, 4.69) is 10.5 Å². The summed E-state index contributed by atoms with van der Waals surface area (Å²) in [5.74, 6) is 0. The molecule has 0 saturated carbocycles. The van der Waals surface area contributed by atoms with Crippen molar-refractivity contribution in [2.75, 3.05) is 31.7 Å². The van der Waals surface area contributed by atoms with E-state index >= 15 is 0 Å². The van der Waals surface area contributed by atoms with E-state index in [-0.39, 0.29) is 36.9 Å². The zero-order chi connectivity index (χ0) is 21.0. The van der Waals surface area contributed by atoms with Crippen molar-refractivity contribution in [1.82, 2.24) is 4.31 Å². The van der Waals surface area contributed by atoms with Gasteiger partial charge >= 0.3 is 0 Å². The van der Waals surface area contributed by atoms with Crippen LogP contribution in [0.5, 0.6) is 0 Å². The molecule has 3 rings (SSSR count). The molecule has 1 N–H and O–H groups in total. The van der Waals surface area contributed by atoms with Crippen molar-refractivity contribution in [3.05, 3.63) is 62.1 Å². The number of nitrogens with one attached hydrogen (secondary N) is 1. The molecule has 0 atom stereocenters. The van der Waals surface area contributed by atoms with Gasteiger partial charge in [-0.2, -0.15) is 9.41 Å². The summed E-state index contributed by atoms with van der Waals surface area (Å²) in [4.78, 5) is 10.6. The van der Waals surface area contributed by atoms with Gasteiger partial charge in [0, 0.05) is 24.7 Å². The third-order valence-corrected chi connectivity index (χ3v) is 6.87. The monoisotopic (exact) mass is 458 g/mol. The lowest BCUT2D eigenvalue weighted by Crippen LogP contribution is -2.40. The maximum atomic E-state index is 12.7. The zero-order valence-electron chi connectivity index (χ0n) is 14.9. The van der Waals surface area contributed by atoms with Crippen molar-refractivity contribution in [3.63, 3.8) is 0 Å². The number of halogens is 2. The lowest BCUT2D eigenvalue weighted by molar-refractivity contribution is -0.384. The zero-order valence-corrected chi connectivity index (χ0v) is 17.2. The number of nitro benzene ring substituents is 1. The first-order valence-corrected chi connectivity index (χ1v) is 10.6. The van der Waals surface area contributed by atoms with Crippen molar-refractivity contribution in [2.24, 2.45) is 5.10 Å². The van der Waals surface area contributed by atoms with Gasteiger partial charge in [0.1, 0.15) is 5.69 Å². The van der Waals surface area contributed by atoms with Crippen LogP contribution in [0.15, 0.2) is 46.4 Å². The smallest absolute Gasteiger partial charge is 0.295 e. The molecular weight excluding hydrogens is 443 g/mol. The van der Waals surface area contributed by atoms with Gasteiger partial charge in [0.2, 0.25) is 10.0 Å². The molecule has 0 aromatic heterocycles. The van der Waals surface area contributed by atoms with E-state index in [9.17, 15) is 18.5 Å². The number of nitro groups is 1. The van der Waals surface area contributed by atoms with Crippen molar-refractivity contribution in [2.45, 2.75) is 4.90 Å². The van der Waals surface area contributed by atoms with E-state index in [4.69, 9.17) is 27.9 Å². The van der Waals surface area contributed by atoms with E-state index in [0.29, 0.717) is 15.6 Å². The fourth-order valence-corrected chi connectivity index (χ4v) is 4.43. The van der Waals surface area contributed by atoms with Crippen LogP contribution in [0.1, 0.15) is 5.56 Å². The van der Waals surface area contributed by atoms with Crippen molar-refractivity contribution >= 4 is 50.8 Å². The number of morpholine rings is 1. The molecule has 1 aliphatic heterocycles. The van der Waals surface area contributed by atoms with Crippen molar-refractivity contribution in [1.29, 1.82) is 0 Å². The van der Waals surface area contributed by atoms with Gasteiger partial charge in [-0.15, -0.1) is 0 Å². The Morgan fingerprint density at radius 2 is 1.93 bits per heavy atom. The number of rotatable bonds is 6. The summed E-state index contributed by atoms with van der Waals surface area (Å²) in [6.45, 7) is 0.950. The number of hydrogen-bond acceptors (Lipinski definition) is 7. The highest BCUT2D eigenvalue weighted by Gasteiger charge is 2.28. The summed E-state index contributed by atoms with van der Waals surface area (Å²) in [5, 5.41) is 16.0. The maximum absolute atomic E-state index is 12.7. The Kier molecular flexibility index (Phi) is 6.70. The number of nitrogens with zero attached hydrogens (tertiary/aromatic N) is 3. The number of anilines is 1. The van der Waals surface area contributed by atoms with E-state index in [1.807, 2.05) is 0 Å². The Labute approximate surface area is 177 Å². The normalized spacial score (nSPS) is 15.5. The van der Waals surface area contributed by atoms with E-state index in [1.54, 1.807) is 18.2 Å². The molecule has 1 heterocycles. The van der Waals surface area contributed by atoms with Gasteiger partial charge in [-0.3, -0.25) is 15.5 Å². The Morgan fingerprint density at radius 1 is 1.21 bits per heavy atom. The average molecular weight is 459 g/mol. The van der Waals surface area contributed by atoms with Gasteiger partial charge < -0.3 is 4.74 Å². The Balaban J connectivity index is 1.86. The summed E-state index contributed by atoms with van der Waals surface area (Å²) < 4.78 is 31.8. The molecular formula is C17H16Cl2N4O5S. The molecule has 1 saturated heterocycles. The number of ether oxygens (including phenoxy) is 1. The van der Waals surface area contributed by atoms with Crippen LogP contribution >= 0.6 is 23.2 Å². The van der Waals surface area contributed by atoms with Gasteiger partial charge in [-0.1, -0.05) is 35.3 Å². The molecule has 12 heteroatoms. The molecule has 0 bridgehead atoms. The molecule has 154 valence electrons. The second-order valence-corrected chi connectivity index (χ2v) is 8.69. The van der Waals surface area contributed by atoms with Gasteiger partial charge in [0.25, 0.3) is 5.69 Å². The highest BCUT2D eigenvalue weighted by Crippen LogP contribution is 2.29. The number of sulfonamides is 1. The minimum atomic E-state index is -3.86. The third-order valence-electron chi connectivity index (χ3n) is 4.14. The van der Waals surface area contributed by atoms with Crippen LogP contribution in [0.4, 0.5) is 11.4 Å². The molecule has 2 aromatic rings. The quantitative estimate of drug-likeness (QED) is 0.403. The van der Waals surface area contributed by atoms with E-state index in [0.717, 1.165) is 6.07 Å². The molecule has 9 nitrogen and oxygen atoms in total. The van der Waals surface area contributed by atoms with Gasteiger partial charge in [-0.05, 0) is 18.2 Å². The lowest BCUT2D eigenvalue weighted by atomic mass is 10.2. The molecule has 2 aromatic carbocycles. The van der Waals surface area contributed by atoms with Crippen molar-refractivity contribution < 1.29 is 18.1 Å². The summed E-state index contributed by atoms with van der Waals surface area (Å²) in [6, 6.07) is 8.57. The molecule has 0 amide bonds. The van der Waals surface area contributed by atoms with Crippen LogP contribution in [0, 0.1) is 10.1 Å². The first-order chi connectivity index (χ1) is 13.8. The van der Waals surface area contributed by atoms with E-state index < -0.39 is 20.6 Å². The maximum Gasteiger partial charge on any atom is 0.295 e. The first-order valence-electron chi connectivity index (χ1n) is 8.40. The van der Waals surface area contributed by atoms with Gasteiger partial charge in [-0.25, -0.2) is 8.42 Å². The number of benzene rings is 2. The summed E-state index contributed by atoms with van der Waals surface area (Å²) >= 11 is 12.0. The van der Waals surface area contributed by atoms with Crippen LogP contribution < -0.4 is 5.43 Å². The minimum Gasteiger partial charge on any atom is -0.379 e. The largest absolute Gasteiger partial charge is 0.379 e. The second-order valence-electron chi connectivity index (χ2n) is 5.97. The molecule has 0 unspecified atom stereocenters. The lowest BCUT2D eigenvalue weighted by Gasteiger charge is -2.26. The predicted octanol–water partition coefficient (Wildman–Crippen LogP) is 3.37. The number of hydrazone groups is 1. The standard InChI is InChI=1S/C17H16Cl2N4O5S/c18-14-3-1-2-12(17(14)19)11-20-21-15-5-4-13(10-16(15)23(24)25)29(26,27)22-6-8-28-9-7-22/h1-5,10-11,21H,6-9H2/b20-11-. The highest BCUT2D eigenvalue weighted by atomic mass is 35.5. The Bertz CT molecular complexity index is 1060. The van der Waals surface area contributed by atoms with Gasteiger partial charge in [0.05, 0.1) is 39.3 Å². The fraction of sp³-hybridized carbons (Fsp3) is 0.235. The minimum absolute atomic E-state index is 0.0327.